The summed E-state index contributed by atoms with van der Waals surface area (Å²) in [6, 6.07) is 11.4. The lowest BCUT2D eigenvalue weighted by molar-refractivity contribution is 0.0633. The minimum Gasteiger partial charge on any atom is -0.333 e. The van der Waals surface area contributed by atoms with Gasteiger partial charge in [0.25, 0.3) is 5.91 Å². The van der Waals surface area contributed by atoms with Crippen LogP contribution in [0.25, 0.3) is 0 Å². The summed E-state index contributed by atoms with van der Waals surface area (Å²) in [4.78, 5) is 17.4. The summed E-state index contributed by atoms with van der Waals surface area (Å²) in [5.41, 5.74) is 1.85. The number of carbonyl (C=O) groups is 1. The molecule has 1 aromatic carbocycles. The van der Waals surface area contributed by atoms with Crippen molar-refractivity contribution < 1.29 is 4.79 Å². The Labute approximate surface area is 146 Å². The Kier molecular flexibility index (Phi) is 4.58. The fourth-order valence-electron chi connectivity index (χ4n) is 4.15. The Bertz CT molecular complexity index is 676. The van der Waals surface area contributed by atoms with Crippen LogP contribution in [0.2, 0.25) is 0 Å². The van der Waals surface area contributed by atoms with E-state index in [1.807, 2.05) is 4.90 Å². The number of rotatable bonds is 4. The zero-order chi connectivity index (χ0) is 16.4. The number of benzene rings is 1. The number of amides is 1. The first kappa shape index (κ1) is 15.7. The Balaban J connectivity index is 1.49. The number of likely N-dealkylation sites (tertiary alicyclic amines) is 2. The third-order valence-electron chi connectivity index (χ3n) is 5.23. The van der Waals surface area contributed by atoms with Gasteiger partial charge in [-0.2, -0.15) is 0 Å². The smallest absolute Gasteiger partial charge is 0.275 e. The summed E-state index contributed by atoms with van der Waals surface area (Å²) >= 11 is 1.24. The van der Waals surface area contributed by atoms with Gasteiger partial charge in [-0.15, -0.1) is 5.10 Å². The van der Waals surface area contributed by atoms with Gasteiger partial charge in [0.05, 0.1) is 0 Å². The minimum absolute atomic E-state index is 0.0535. The summed E-state index contributed by atoms with van der Waals surface area (Å²) in [7, 11) is 0. The predicted molar refractivity (Wildman–Crippen MR) is 93.8 cm³/mol. The maximum Gasteiger partial charge on any atom is 0.275 e. The summed E-state index contributed by atoms with van der Waals surface area (Å²) in [5, 5.41) is 5.73. The lowest BCUT2D eigenvalue weighted by Crippen LogP contribution is -2.48. The predicted octanol–water partition coefficient (Wildman–Crippen LogP) is 2.81. The van der Waals surface area contributed by atoms with E-state index in [0.717, 1.165) is 32.5 Å². The first-order valence-electron chi connectivity index (χ1n) is 8.69. The molecule has 2 atom stereocenters. The van der Waals surface area contributed by atoms with Crippen LogP contribution in [-0.4, -0.2) is 50.5 Å². The van der Waals surface area contributed by atoms with E-state index in [-0.39, 0.29) is 5.91 Å². The molecule has 0 unspecified atom stereocenters. The van der Waals surface area contributed by atoms with Gasteiger partial charge in [-0.05, 0) is 49.3 Å². The third-order valence-corrected chi connectivity index (χ3v) is 5.73. The molecule has 2 saturated heterocycles. The van der Waals surface area contributed by atoms with Gasteiger partial charge >= 0.3 is 0 Å². The normalized spacial score (nSPS) is 24.6. The topological polar surface area (TPSA) is 49.3 Å². The number of hydrogen-bond donors (Lipinski definition) is 0. The first-order valence-corrected chi connectivity index (χ1v) is 9.52. The van der Waals surface area contributed by atoms with Crippen LogP contribution in [0.3, 0.4) is 0 Å². The lowest BCUT2D eigenvalue weighted by atomic mass is 10.0. The van der Waals surface area contributed by atoms with Crippen LogP contribution in [0, 0.1) is 0 Å². The SMILES string of the molecule is O=C(c1csnn1)N1CCC[C@@H]1[C@@H]1CCCN1Cc1ccccc1. The average molecular weight is 342 g/mol. The van der Waals surface area contributed by atoms with Gasteiger partial charge in [0.2, 0.25) is 0 Å². The second-order valence-electron chi connectivity index (χ2n) is 6.66. The monoisotopic (exact) mass is 342 g/mol. The zero-order valence-electron chi connectivity index (χ0n) is 13.7. The number of aromatic nitrogens is 2. The van der Waals surface area contributed by atoms with Crippen LogP contribution in [0.4, 0.5) is 0 Å². The molecule has 2 fully saturated rings. The molecule has 0 radical (unpaired) electrons. The van der Waals surface area contributed by atoms with Crippen molar-refractivity contribution in [3.8, 4) is 0 Å². The lowest BCUT2D eigenvalue weighted by Gasteiger charge is -2.34. The van der Waals surface area contributed by atoms with Gasteiger partial charge in [0.1, 0.15) is 0 Å². The molecule has 0 spiro atoms. The Morgan fingerprint density at radius 3 is 2.71 bits per heavy atom. The molecule has 4 rings (SSSR count). The van der Waals surface area contributed by atoms with E-state index in [1.54, 1.807) is 5.38 Å². The van der Waals surface area contributed by atoms with Crippen LogP contribution in [0.1, 0.15) is 41.7 Å². The molecule has 2 aromatic rings. The highest BCUT2D eigenvalue weighted by molar-refractivity contribution is 7.03. The van der Waals surface area contributed by atoms with Crippen molar-refractivity contribution in [2.24, 2.45) is 0 Å². The van der Waals surface area contributed by atoms with Crippen LogP contribution in [-0.2, 0) is 6.54 Å². The Morgan fingerprint density at radius 2 is 1.92 bits per heavy atom. The average Bonchev–Trinajstić information content (AvgIpc) is 3.36. The van der Waals surface area contributed by atoms with Gasteiger partial charge in [-0.3, -0.25) is 9.69 Å². The van der Waals surface area contributed by atoms with E-state index >= 15 is 0 Å². The maximum atomic E-state index is 12.8. The molecule has 0 bridgehead atoms. The van der Waals surface area contributed by atoms with Gasteiger partial charge < -0.3 is 4.90 Å². The second-order valence-corrected chi connectivity index (χ2v) is 7.27. The second kappa shape index (κ2) is 6.99. The summed E-state index contributed by atoms with van der Waals surface area (Å²) in [6.45, 7) is 2.94. The van der Waals surface area contributed by atoms with Crippen molar-refractivity contribution in [2.45, 2.75) is 44.3 Å². The van der Waals surface area contributed by atoms with E-state index in [9.17, 15) is 4.79 Å². The van der Waals surface area contributed by atoms with Crippen LogP contribution < -0.4 is 0 Å². The van der Waals surface area contributed by atoms with Crippen molar-refractivity contribution >= 4 is 17.4 Å². The molecule has 2 aliphatic rings. The molecule has 2 aliphatic heterocycles. The van der Waals surface area contributed by atoms with Crippen LogP contribution >= 0.6 is 11.5 Å². The quantitative estimate of drug-likeness (QED) is 0.857. The minimum atomic E-state index is 0.0535. The fourth-order valence-corrected chi connectivity index (χ4v) is 4.58. The molecular weight excluding hydrogens is 320 g/mol. The first-order chi connectivity index (χ1) is 11.8. The molecule has 0 saturated carbocycles. The van der Waals surface area contributed by atoms with Gasteiger partial charge in [-0.1, -0.05) is 34.8 Å². The van der Waals surface area contributed by atoms with Gasteiger partial charge in [0.15, 0.2) is 5.69 Å². The summed E-state index contributed by atoms with van der Waals surface area (Å²) in [6.07, 6.45) is 4.58. The molecule has 126 valence electrons. The molecule has 1 amide bonds. The number of nitrogens with zero attached hydrogens (tertiary/aromatic N) is 4. The molecule has 0 aliphatic carbocycles. The third kappa shape index (κ3) is 3.08. The van der Waals surface area contributed by atoms with Gasteiger partial charge in [0, 0.05) is 30.6 Å². The molecular formula is C18H22N4OS. The van der Waals surface area contributed by atoms with Crippen LogP contribution in [0.5, 0.6) is 0 Å². The Hall–Kier alpha value is -1.79. The van der Waals surface area contributed by atoms with Crippen molar-refractivity contribution in [2.75, 3.05) is 13.1 Å². The molecule has 3 heterocycles. The van der Waals surface area contributed by atoms with Crippen LogP contribution in [0.15, 0.2) is 35.7 Å². The van der Waals surface area contributed by atoms with E-state index < -0.39 is 0 Å². The Morgan fingerprint density at radius 1 is 1.12 bits per heavy atom. The standard InChI is InChI=1S/C18H22N4OS/c23-18(15-13-24-20-19-15)22-11-5-9-17(22)16-8-4-10-21(16)12-14-6-2-1-3-7-14/h1-3,6-7,13,16-17H,4-5,8-12H2/t16-,17+/m0/s1. The van der Waals surface area contributed by atoms with E-state index in [0.29, 0.717) is 17.8 Å². The number of hydrogen-bond acceptors (Lipinski definition) is 5. The number of carbonyl (C=O) groups excluding carboxylic acids is 1. The van der Waals surface area contributed by atoms with E-state index in [1.165, 1.54) is 29.9 Å². The van der Waals surface area contributed by atoms with Crippen molar-refractivity contribution in [1.82, 2.24) is 19.4 Å². The highest BCUT2D eigenvalue weighted by atomic mass is 32.1. The fraction of sp³-hybridized carbons (Fsp3) is 0.500. The highest BCUT2D eigenvalue weighted by Crippen LogP contribution is 2.31. The zero-order valence-corrected chi connectivity index (χ0v) is 14.5. The molecule has 24 heavy (non-hydrogen) atoms. The van der Waals surface area contributed by atoms with Crippen molar-refractivity contribution in [1.29, 1.82) is 0 Å². The van der Waals surface area contributed by atoms with E-state index in [2.05, 4.69) is 44.8 Å². The molecule has 6 heteroatoms. The van der Waals surface area contributed by atoms with Gasteiger partial charge in [-0.25, -0.2) is 0 Å². The summed E-state index contributed by atoms with van der Waals surface area (Å²) in [5.74, 6) is 0.0535. The van der Waals surface area contributed by atoms with Crippen molar-refractivity contribution in [3.63, 3.8) is 0 Å². The van der Waals surface area contributed by atoms with E-state index in [4.69, 9.17) is 0 Å². The largest absolute Gasteiger partial charge is 0.333 e. The highest BCUT2D eigenvalue weighted by Gasteiger charge is 2.40. The summed E-state index contributed by atoms with van der Waals surface area (Å²) < 4.78 is 3.84. The molecule has 0 N–H and O–H groups in total. The maximum absolute atomic E-state index is 12.8. The molecule has 1 aromatic heterocycles. The van der Waals surface area contributed by atoms with Crippen molar-refractivity contribution in [3.05, 3.63) is 47.0 Å². The molecule has 5 nitrogen and oxygen atoms in total.